The highest BCUT2D eigenvalue weighted by Crippen LogP contribution is 2.13. The minimum atomic E-state index is -0.950. The van der Waals surface area contributed by atoms with E-state index in [0.29, 0.717) is 11.1 Å². The third-order valence-corrected chi connectivity index (χ3v) is 2.86. The van der Waals surface area contributed by atoms with Crippen LogP contribution in [0, 0.1) is 12.7 Å². The number of rotatable bonds is 5. The zero-order valence-electron chi connectivity index (χ0n) is 11.3. The summed E-state index contributed by atoms with van der Waals surface area (Å²) in [5.74, 6) is -1.59. The molecule has 0 fully saturated rings. The molecule has 0 spiro atoms. The van der Waals surface area contributed by atoms with Gasteiger partial charge in [0.2, 0.25) is 0 Å². The van der Waals surface area contributed by atoms with Gasteiger partial charge in [-0.15, -0.1) is 0 Å². The molecule has 104 valence electrons. The summed E-state index contributed by atoms with van der Waals surface area (Å²) in [6.07, 6.45) is -0.107. The van der Waals surface area contributed by atoms with E-state index in [0.717, 1.165) is 0 Å². The highest BCUT2D eigenvalue weighted by atomic mass is 19.1. The number of aryl methyl sites for hydroxylation is 1. The molecule has 5 heteroatoms. The highest BCUT2D eigenvalue weighted by Gasteiger charge is 2.20. The van der Waals surface area contributed by atoms with Gasteiger partial charge in [0.25, 0.3) is 5.91 Å². The Morgan fingerprint density at radius 3 is 2.47 bits per heavy atom. The van der Waals surface area contributed by atoms with Crippen LogP contribution in [-0.4, -0.2) is 34.5 Å². The second-order valence-electron chi connectivity index (χ2n) is 4.70. The van der Waals surface area contributed by atoms with Gasteiger partial charge >= 0.3 is 5.97 Å². The average Bonchev–Trinajstić information content (AvgIpc) is 2.31. The molecule has 0 heterocycles. The number of benzene rings is 1. The third-order valence-electron chi connectivity index (χ3n) is 2.86. The van der Waals surface area contributed by atoms with Crippen LogP contribution in [-0.2, 0) is 4.79 Å². The van der Waals surface area contributed by atoms with Gasteiger partial charge in [-0.2, -0.15) is 0 Å². The highest BCUT2D eigenvalue weighted by molar-refractivity contribution is 5.94. The number of amides is 1. The Kier molecular flexibility index (Phi) is 5.03. The predicted molar refractivity (Wildman–Crippen MR) is 69.6 cm³/mol. The molecule has 19 heavy (non-hydrogen) atoms. The van der Waals surface area contributed by atoms with Crippen molar-refractivity contribution in [1.29, 1.82) is 0 Å². The Balaban J connectivity index is 2.92. The van der Waals surface area contributed by atoms with Crippen LogP contribution < -0.4 is 0 Å². The SMILES string of the molecule is Cc1cc(C(=O)N(CCC(=O)O)C(C)C)ccc1F. The van der Waals surface area contributed by atoms with Crippen LogP contribution >= 0.6 is 0 Å². The van der Waals surface area contributed by atoms with Crippen molar-refractivity contribution in [2.24, 2.45) is 0 Å². The first-order chi connectivity index (χ1) is 8.82. The number of nitrogens with zero attached hydrogens (tertiary/aromatic N) is 1. The van der Waals surface area contributed by atoms with Crippen LogP contribution in [0.4, 0.5) is 4.39 Å². The molecule has 0 atom stereocenters. The van der Waals surface area contributed by atoms with E-state index < -0.39 is 5.97 Å². The molecule has 0 aliphatic carbocycles. The van der Waals surface area contributed by atoms with Gasteiger partial charge in [0.15, 0.2) is 0 Å². The van der Waals surface area contributed by atoms with Gasteiger partial charge < -0.3 is 10.0 Å². The number of hydrogen-bond donors (Lipinski definition) is 1. The lowest BCUT2D eigenvalue weighted by molar-refractivity contribution is -0.137. The molecule has 0 aliphatic heterocycles. The van der Waals surface area contributed by atoms with E-state index >= 15 is 0 Å². The van der Waals surface area contributed by atoms with Crippen LogP contribution in [0.1, 0.15) is 36.2 Å². The summed E-state index contributed by atoms with van der Waals surface area (Å²) < 4.78 is 13.2. The van der Waals surface area contributed by atoms with Crippen molar-refractivity contribution in [2.45, 2.75) is 33.2 Å². The number of carbonyl (C=O) groups excluding carboxylic acids is 1. The molecular formula is C14H18FNO3. The molecule has 1 amide bonds. The molecule has 1 rings (SSSR count). The van der Waals surface area contributed by atoms with Crippen LogP contribution in [0.15, 0.2) is 18.2 Å². The van der Waals surface area contributed by atoms with Gasteiger partial charge in [-0.3, -0.25) is 9.59 Å². The molecule has 0 unspecified atom stereocenters. The smallest absolute Gasteiger partial charge is 0.305 e. The number of carboxylic acid groups (broad SMARTS) is 1. The number of aliphatic carboxylic acids is 1. The Labute approximate surface area is 111 Å². The van der Waals surface area contributed by atoms with Gasteiger partial charge in [0, 0.05) is 18.2 Å². The van der Waals surface area contributed by atoms with Gasteiger partial charge in [-0.1, -0.05) is 0 Å². The van der Waals surface area contributed by atoms with E-state index in [4.69, 9.17) is 5.11 Å². The van der Waals surface area contributed by atoms with E-state index in [2.05, 4.69) is 0 Å². The van der Waals surface area contributed by atoms with Crippen molar-refractivity contribution in [3.63, 3.8) is 0 Å². The standard InChI is InChI=1S/C14H18FNO3/c1-9(2)16(7-6-13(17)18)14(19)11-4-5-12(15)10(3)8-11/h4-5,8-9H,6-7H2,1-3H3,(H,17,18). The zero-order chi connectivity index (χ0) is 14.6. The molecule has 4 nitrogen and oxygen atoms in total. The average molecular weight is 267 g/mol. The summed E-state index contributed by atoms with van der Waals surface area (Å²) in [6, 6.07) is 4.03. The van der Waals surface area contributed by atoms with Crippen LogP contribution in [0.25, 0.3) is 0 Å². The van der Waals surface area contributed by atoms with Gasteiger partial charge in [0.05, 0.1) is 6.42 Å². The fourth-order valence-electron chi connectivity index (χ4n) is 1.75. The van der Waals surface area contributed by atoms with Crippen molar-refractivity contribution in [3.8, 4) is 0 Å². The van der Waals surface area contributed by atoms with Crippen LogP contribution in [0.2, 0.25) is 0 Å². The maximum atomic E-state index is 13.2. The minimum Gasteiger partial charge on any atom is -0.481 e. The minimum absolute atomic E-state index is 0.107. The normalized spacial score (nSPS) is 10.6. The summed E-state index contributed by atoms with van der Waals surface area (Å²) in [5, 5.41) is 8.69. The van der Waals surface area contributed by atoms with E-state index in [-0.39, 0.29) is 30.7 Å². The van der Waals surface area contributed by atoms with E-state index in [9.17, 15) is 14.0 Å². The quantitative estimate of drug-likeness (QED) is 0.891. The zero-order valence-corrected chi connectivity index (χ0v) is 11.3. The lowest BCUT2D eigenvalue weighted by Gasteiger charge is -2.26. The van der Waals surface area contributed by atoms with E-state index in [1.807, 2.05) is 13.8 Å². The first kappa shape index (κ1) is 15.1. The fourth-order valence-corrected chi connectivity index (χ4v) is 1.75. The molecule has 1 aromatic carbocycles. The molecule has 0 aromatic heterocycles. The van der Waals surface area contributed by atoms with Crippen molar-refractivity contribution in [3.05, 3.63) is 35.1 Å². The molecule has 1 aromatic rings. The largest absolute Gasteiger partial charge is 0.481 e. The third kappa shape index (κ3) is 4.05. The van der Waals surface area contributed by atoms with Gasteiger partial charge in [-0.25, -0.2) is 4.39 Å². The summed E-state index contributed by atoms with van der Waals surface area (Å²) >= 11 is 0. The van der Waals surface area contributed by atoms with E-state index in [1.54, 1.807) is 6.92 Å². The summed E-state index contributed by atoms with van der Waals surface area (Å²) in [6.45, 7) is 5.36. The maximum absolute atomic E-state index is 13.2. The predicted octanol–water partition coefficient (Wildman–Crippen LogP) is 2.46. The van der Waals surface area contributed by atoms with Crippen molar-refractivity contribution >= 4 is 11.9 Å². The number of hydrogen-bond acceptors (Lipinski definition) is 2. The lowest BCUT2D eigenvalue weighted by Crippen LogP contribution is -2.38. The number of halogens is 1. The van der Waals surface area contributed by atoms with Crippen LogP contribution in [0.3, 0.4) is 0 Å². The van der Waals surface area contributed by atoms with Gasteiger partial charge in [0.1, 0.15) is 5.82 Å². The number of carboxylic acids is 1. The van der Waals surface area contributed by atoms with Crippen molar-refractivity contribution in [2.75, 3.05) is 6.54 Å². The Hall–Kier alpha value is -1.91. The molecular weight excluding hydrogens is 249 g/mol. The molecule has 0 saturated heterocycles. The second-order valence-corrected chi connectivity index (χ2v) is 4.70. The topological polar surface area (TPSA) is 57.6 Å². The number of carbonyl (C=O) groups is 2. The fraction of sp³-hybridized carbons (Fsp3) is 0.429. The molecule has 0 bridgehead atoms. The summed E-state index contributed by atoms with van der Waals surface area (Å²) in [4.78, 5) is 24.3. The van der Waals surface area contributed by atoms with Gasteiger partial charge in [-0.05, 0) is 44.5 Å². The summed E-state index contributed by atoms with van der Waals surface area (Å²) in [5.41, 5.74) is 0.769. The van der Waals surface area contributed by atoms with E-state index in [1.165, 1.54) is 23.1 Å². The maximum Gasteiger partial charge on any atom is 0.305 e. The van der Waals surface area contributed by atoms with Crippen LogP contribution in [0.5, 0.6) is 0 Å². The first-order valence-corrected chi connectivity index (χ1v) is 6.12. The molecule has 0 saturated carbocycles. The molecule has 1 N–H and O–H groups in total. The molecule has 0 radical (unpaired) electrons. The lowest BCUT2D eigenvalue weighted by atomic mass is 10.1. The monoisotopic (exact) mass is 267 g/mol. The van der Waals surface area contributed by atoms with Crippen molar-refractivity contribution in [1.82, 2.24) is 4.90 Å². The first-order valence-electron chi connectivity index (χ1n) is 6.12. The Morgan fingerprint density at radius 1 is 1.37 bits per heavy atom. The summed E-state index contributed by atoms with van der Waals surface area (Å²) in [7, 11) is 0. The Morgan fingerprint density at radius 2 is 2.00 bits per heavy atom. The molecule has 0 aliphatic rings. The Bertz CT molecular complexity index is 486. The second kappa shape index (κ2) is 6.31. The van der Waals surface area contributed by atoms with Crippen molar-refractivity contribution < 1.29 is 19.1 Å².